The summed E-state index contributed by atoms with van der Waals surface area (Å²) in [5.74, 6) is -0.408. The zero-order valence-corrected chi connectivity index (χ0v) is 11.0. The first kappa shape index (κ1) is 13.1. The SMILES string of the molecule is Nc1cccc(S(=O)Cc2c(F)cccc2Cl)c1. The van der Waals surface area contributed by atoms with Crippen molar-refractivity contribution in [2.45, 2.75) is 10.6 Å². The maximum atomic E-state index is 13.6. The Kier molecular flexibility index (Phi) is 3.99. The van der Waals surface area contributed by atoms with E-state index in [4.69, 9.17) is 17.3 Å². The first-order chi connectivity index (χ1) is 8.58. The van der Waals surface area contributed by atoms with Gasteiger partial charge < -0.3 is 5.73 Å². The van der Waals surface area contributed by atoms with Crippen molar-refractivity contribution in [3.05, 3.63) is 58.9 Å². The summed E-state index contributed by atoms with van der Waals surface area (Å²) in [7, 11) is -1.37. The Morgan fingerprint density at radius 3 is 2.61 bits per heavy atom. The molecule has 5 heteroatoms. The highest BCUT2D eigenvalue weighted by atomic mass is 35.5. The Labute approximate surface area is 112 Å². The standard InChI is InChI=1S/C13H11ClFNOS/c14-12-5-2-6-13(15)11(12)8-18(17)10-4-1-3-9(16)7-10/h1-7H,8,16H2. The van der Waals surface area contributed by atoms with Gasteiger partial charge in [0.25, 0.3) is 0 Å². The van der Waals surface area contributed by atoms with Crippen LogP contribution in [0, 0.1) is 5.82 Å². The molecule has 0 aromatic heterocycles. The van der Waals surface area contributed by atoms with Crippen molar-refractivity contribution >= 4 is 28.1 Å². The van der Waals surface area contributed by atoms with Gasteiger partial charge >= 0.3 is 0 Å². The van der Waals surface area contributed by atoms with E-state index in [1.165, 1.54) is 12.1 Å². The molecule has 0 amide bonds. The molecule has 2 aromatic rings. The Morgan fingerprint density at radius 2 is 1.94 bits per heavy atom. The molecule has 0 aliphatic carbocycles. The van der Waals surface area contributed by atoms with Crippen LogP contribution in [0.15, 0.2) is 47.4 Å². The second-order valence-electron chi connectivity index (χ2n) is 3.76. The molecule has 0 aliphatic rings. The van der Waals surface area contributed by atoms with Crippen LogP contribution in [-0.2, 0) is 16.6 Å². The lowest BCUT2D eigenvalue weighted by Gasteiger charge is -2.06. The maximum absolute atomic E-state index is 13.6. The molecule has 0 saturated carbocycles. The Balaban J connectivity index is 2.27. The summed E-state index contributed by atoms with van der Waals surface area (Å²) in [5, 5.41) is 0.284. The molecule has 0 spiro atoms. The van der Waals surface area contributed by atoms with Crippen molar-refractivity contribution in [3.8, 4) is 0 Å². The zero-order valence-electron chi connectivity index (χ0n) is 9.40. The molecule has 18 heavy (non-hydrogen) atoms. The van der Waals surface area contributed by atoms with Crippen LogP contribution in [0.25, 0.3) is 0 Å². The van der Waals surface area contributed by atoms with E-state index in [9.17, 15) is 8.60 Å². The van der Waals surface area contributed by atoms with Gasteiger partial charge in [-0.2, -0.15) is 0 Å². The van der Waals surface area contributed by atoms with Crippen LogP contribution in [0.3, 0.4) is 0 Å². The minimum Gasteiger partial charge on any atom is -0.399 e. The van der Waals surface area contributed by atoms with Crippen LogP contribution >= 0.6 is 11.6 Å². The van der Waals surface area contributed by atoms with Gasteiger partial charge in [-0.15, -0.1) is 0 Å². The van der Waals surface area contributed by atoms with Gasteiger partial charge in [0.2, 0.25) is 0 Å². The Hall–Kier alpha value is -1.39. The zero-order chi connectivity index (χ0) is 13.1. The summed E-state index contributed by atoms with van der Waals surface area (Å²) in [6.45, 7) is 0. The van der Waals surface area contributed by atoms with E-state index in [1.54, 1.807) is 30.3 Å². The molecule has 2 aromatic carbocycles. The predicted molar refractivity (Wildman–Crippen MR) is 72.4 cm³/mol. The lowest BCUT2D eigenvalue weighted by molar-refractivity contribution is 0.615. The molecule has 0 bridgehead atoms. The van der Waals surface area contributed by atoms with Crippen molar-refractivity contribution < 1.29 is 8.60 Å². The highest BCUT2D eigenvalue weighted by molar-refractivity contribution is 7.84. The van der Waals surface area contributed by atoms with E-state index >= 15 is 0 Å². The monoisotopic (exact) mass is 283 g/mol. The van der Waals surface area contributed by atoms with Crippen LogP contribution in [0.2, 0.25) is 5.02 Å². The van der Waals surface area contributed by atoms with Gasteiger partial charge in [-0.3, -0.25) is 4.21 Å². The molecule has 0 radical (unpaired) electrons. The van der Waals surface area contributed by atoms with Crippen LogP contribution in [0.1, 0.15) is 5.56 Å². The minimum absolute atomic E-state index is 0.0367. The molecule has 1 unspecified atom stereocenters. The van der Waals surface area contributed by atoms with E-state index in [0.29, 0.717) is 10.6 Å². The average Bonchev–Trinajstić information content (AvgIpc) is 2.34. The number of nitrogen functional groups attached to an aromatic ring is 1. The summed E-state index contributed by atoms with van der Waals surface area (Å²) < 4.78 is 25.7. The molecular formula is C13H11ClFNOS. The van der Waals surface area contributed by atoms with Crippen molar-refractivity contribution in [2.24, 2.45) is 0 Å². The Morgan fingerprint density at radius 1 is 1.22 bits per heavy atom. The number of anilines is 1. The third-order valence-corrected chi connectivity index (χ3v) is 4.14. The Bertz CT molecular complexity index is 583. The highest BCUT2D eigenvalue weighted by Gasteiger charge is 2.12. The second-order valence-corrected chi connectivity index (χ2v) is 5.62. The van der Waals surface area contributed by atoms with Gasteiger partial charge in [0.1, 0.15) is 5.82 Å². The molecule has 94 valence electrons. The van der Waals surface area contributed by atoms with Crippen LogP contribution in [0.4, 0.5) is 10.1 Å². The molecule has 1 atom stereocenters. The summed E-state index contributed by atoms with van der Waals surface area (Å²) in [6.07, 6.45) is 0. The van der Waals surface area contributed by atoms with Gasteiger partial charge in [0.15, 0.2) is 0 Å². The number of hydrogen-bond donors (Lipinski definition) is 1. The van der Waals surface area contributed by atoms with E-state index in [2.05, 4.69) is 0 Å². The van der Waals surface area contributed by atoms with Crippen molar-refractivity contribution in [3.63, 3.8) is 0 Å². The highest BCUT2D eigenvalue weighted by Crippen LogP contribution is 2.23. The van der Waals surface area contributed by atoms with Crippen LogP contribution in [0.5, 0.6) is 0 Å². The van der Waals surface area contributed by atoms with Crippen molar-refractivity contribution in [2.75, 3.05) is 5.73 Å². The summed E-state index contributed by atoms with van der Waals surface area (Å²) in [6, 6.07) is 11.1. The van der Waals surface area contributed by atoms with Crippen molar-refractivity contribution in [1.29, 1.82) is 0 Å². The van der Waals surface area contributed by atoms with Gasteiger partial charge in [-0.25, -0.2) is 4.39 Å². The summed E-state index contributed by atoms with van der Waals surface area (Å²) in [4.78, 5) is 0.564. The van der Waals surface area contributed by atoms with Crippen molar-refractivity contribution in [1.82, 2.24) is 0 Å². The first-order valence-corrected chi connectivity index (χ1v) is 6.94. The largest absolute Gasteiger partial charge is 0.399 e. The quantitative estimate of drug-likeness (QED) is 0.878. The first-order valence-electron chi connectivity index (χ1n) is 5.25. The molecule has 0 fully saturated rings. The predicted octanol–water partition coefficient (Wildman–Crippen LogP) is 3.37. The fourth-order valence-corrected chi connectivity index (χ4v) is 3.07. The van der Waals surface area contributed by atoms with Crippen LogP contribution < -0.4 is 5.73 Å². The number of nitrogens with two attached hydrogens (primary N) is 1. The second kappa shape index (κ2) is 5.50. The number of hydrogen-bond acceptors (Lipinski definition) is 2. The van der Waals surface area contributed by atoms with Gasteiger partial charge in [-0.05, 0) is 30.3 Å². The molecule has 0 heterocycles. The third kappa shape index (κ3) is 2.89. The number of benzene rings is 2. The molecular weight excluding hydrogens is 273 g/mol. The van der Waals surface area contributed by atoms with Gasteiger partial charge in [0, 0.05) is 21.2 Å². The fourth-order valence-electron chi connectivity index (χ4n) is 1.54. The van der Waals surface area contributed by atoms with Crippen LogP contribution in [-0.4, -0.2) is 4.21 Å². The fraction of sp³-hybridized carbons (Fsp3) is 0.0769. The van der Waals surface area contributed by atoms with Gasteiger partial charge in [-0.1, -0.05) is 23.7 Å². The van der Waals surface area contributed by atoms with E-state index in [1.807, 2.05) is 0 Å². The molecule has 2 rings (SSSR count). The maximum Gasteiger partial charge on any atom is 0.128 e. The van der Waals surface area contributed by atoms with Gasteiger partial charge in [0.05, 0.1) is 16.6 Å². The molecule has 2 nitrogen and oxygen atoms in total. The van der Waals surface area contributed by atoms with E-state index in [-0.39, 0.29) is 16.3 Å². The summed E-state index contributed by atoms with van der Waals surface area (Å²) in [5.41, 5.74) is 6.41. The molecule has 0 saturated heterocycles. The summed E-state index contributed by atoms with van der Waals surface area (Å²) >= 11 is 5.89. The minimum atomic E-state index is -1.37. The normalized spacial score (nSPS) is 12.3. The number of halogens is 2. The number of rotatable bonds is 3. The smallest absolute Gasteiger partial charge is 0.128 e. The third-order valence-electron chi connectivity index (χ3n) is 2.46. The average molecular weight is 284 g/mol. The lowest BCUT2D eigenvalue weighted by Crippen LogP contribution is -2.00. The van der Waals surface area contributed by atoms with E-state index < -0.39 is 16.6 Å². The molecule has 0 aliphatic heterocycles. The van der Waals surface area contributed by atoms with E-state index in [0.717, 1.165) is 0 Å². The lowest BCUT2D eigenvalue weighted by atomic mass is 10.2. The topological polar surface area (TPSA) is 43.1 Å². The molecule has 2 N–H and O–H groups in total.